The number of ether oxygens (including phenoxy) is 1. The number of carbonyl (C=O) groups excluding carboxylic acids is 1. The van der Waals surface area contributed by atoms with Crippen LogP contribution in [0.2, 0.25) is 0 Å². The van der Waals surface area contributed by atoms with Crippen molar-refractivity contribution >= 4 is 5.78 Å². The van der Waals surface area contributed by atoms with Crippen molar-refractivity contribution < 1.29 is 14.5 Å². The molecule has 1 saturated carbocycles. The molecule has 2 rings (SSSR count). The van der Waals surface area contributed by atoms with Crippen LogP contribution in [0.5, 0.6) is 0 Å². The molecule has 20 heavy (non-hydrogen) atoms. The molecule has 0 aromatic heterocycles. The van der Waals surface area contributed by atoms with Crippen LogP contribution in [-0.4, -0.2) is 22.9 Å². The zero-order valence-corrected chi connectivity index (χ0v) is 11.7. The van der Waals surface area contributed by atoms with Crippen LogP contribution in [0.4, 0.5) is 0 Å². The predicted octanol–water partition coefficient (Wildman–Crippen LogP) is 2.23. The van der Waals surface area contributed by atoms with Crippen LogP contribution in [0.15, 0.2) is 11.8 Å². The molecule has 0 aliphatic heterocycles. The number of hydrogen-bond donors (Lipinski definition) is 0. The predicted molar refractivity (Wildman–Crippen MR) is 70.1 cm³/mol. The van der Waals surface area contributed by atoms with Crippen molar-refractivity contribution in [3.63, 3.8) is 0 Å². The van der Waals surface area contributed by atoms with Gasteiger partial charge in [-0.2, -0.15) is 5.26 Å². The summed E-state index contributed by atoms with van der Waals surface area (Å²) in [6, 6.07) is 2.09. The van der Waals surface area contributed by atoms with Crippen LogP contribution in [0, 0.1) is 32.8 Å². The third kappa shape index (κ3) is 1.89. The Hall–Kier alpha value is -1.90. The lowest BCUT2D eigenvalue weighted by atomic mass is 9.54. The van der Waals surface area contributed by atoms with E-state index in [1.807, 2.05) is 0 Å². The first-order chi connectivity index (χ1) is 9.40. The summed E-state index contributed by atoms with van der Waals surface area (Å²) in [7, 11) is 0. The number of fused-ring (bicyclic) bond motifs is 1. The summed E-state index contributed by atoms with van der Waals surface area (Å²) in [5, 5.41) is 21.0. The summed E-state index contributed by atoms with van der Waals surface area (Å²) >= 11 is 0. The van der Waals surface area contributed by atoms with Crippen molar-refractivity contribution in [1.29, 1.82) is 5.26 Å². The van der Waals surface area contributed by atoms with Gasteiger partial charge in [-0.3, -0.25) is 14.9 Å². The fraction of sp³-hybridized carbons (Fsp3) is 0.714. The van der Waals surface area contributed by atoms with Gasteiger partial charge in [-0.05, 0) is 19.8 Å². The number of nitrogens with zero attached hydrogens (tertiary/aromatic N) is 2. The Bertz CT molecular complexity index is 522. The van der Waals surface area contributed by atoms with Crippen molar-refractivity contribution in [2.45, 2.75) is 45.1 Å². The average molecular weight is 278 g/mol. The summed E-state index contributed by atoms with van der Waals surface area (Å²) in [5.41, 5.74) is -2.51. The minimum Gasteiger partial charge on any atom is -0.498 e. The van der Waals surface area contributed by atoms with Gasteiger partial charge in [-0.15, -0.1) is 0 Å². The molecule has 0 amide bonds. The van der Waals surface area contributed by atoms with Crippen molar-refractivity contribution in [3.8, 4) is 6.07 Å². The highest BCUT2D eigenvalue weighted by molar-refractivity contribution is 5.98. The van der Waals surface area contributed by atoms with Gasteiger partial charge in [-0.25, -0.2) is 0 Å². The summed E-state index contributed by atoms with van der Waals surface area (Å²) in [6.07, 6.45) is 2.94. The fourth-order valence-electron chi connectivity index (χ4n) is 3.52. The molecule has 0 aromatic carbocycles. The number of carbonyl (C=O) groups is 1. The van der Waals surface area contributed by atoms with E-state index in [1.165, 1.54) is 6.08 Å². The Labute approximate surface area is 117 Å². The van der Waals surface area contributed by atoms with E-state index in [4.69, 9.17) is 4.74 Å². The largest absolute Gasteiger partial charge is 0.498 e. The molecule has 0 spiro atoms. The summed E-state index contributed by atoms with van der Waals surface area (Å²) in [4.78, 5) is 23.5. The molecule has 2 aliphatic rings. The van der Waals surface area contributed by atoms with E-state index in [9.17, 15) is 20.2 Å². The molecule has 0 N–H and O–H groups in total. The average Bonchev–Trinajstić information content (AvgIpc) is 2.40. The second-order valence-corrected chi connectivity index (χ2v) is 5.72. The van der Waals surface area contributed by atoms with Gasteiger partial charge < -0.3 is 4.74 Å². The number of allylic oxidation sites excluding steroid dienone is 2. The molecule has 6 nitrogen and oxygen atoms in total. The number of rotatable bonds is 3. The first-order valence-corrected chi connectivity index (χ1v) is 6.84. The first kappa shape index (κ1) is 14.5. The molecule has 0 aromatic rings. The first-order valence-electron chi connectivity index (χ1n) is 6.84. The Morgan fingerprint density at radius 2 is 2.30 bits per heavy atom. The molecule has 6 heteroatoms. The molecule has 0 bridgehead atoms. The van der Waals surface area contributed by atoms with Crippen LogP contribution < -0.4 is 0 Å². The van der Waals surface area contributed by atoms with Gasteiger partial charge in [-0.1, -0.05) is 0 Å². The molecule has 0 heterocycles. The fourth-order valence-corrected chi connectivity index (χ4v) is 3.52. The molecule has 0 radical (unpaired) electrons. The van der Waals surface area contributed by atoms with Gasteiger partial charge in [0.1, 0.15) is 11.2 Å². The van der Waals surface area contributed by atoms with Crippen LogP contribution in [0.1, 0.15) is 39.5 Å². The maximum atomic E-state index is 12.4. The van der Waals surface area contributed by atoms with Crippen molar-refractivity contribution in [1.82, 2.24) is 0 Å². The van der Waals surface area contributed by atoms with Gasteiger partial charge in [0.15, 0.2) is 5.78 Å². The van der Waals surface area contributed by atoms with Crippen molar-refractivity contribution in [2.75, 3.05) is 6.61 Å². The summed E-state index contributed by atoms with van der Waals surface area (Å²) in [5.74, 6) is -0.501. The van der Waals surface area contributed by atoms with E-state index < -0.39 is 16.9 Å². The van der Waals surface area contributed by atoms with Gasteiger partial charge in [0.05, 0.1) is 18.6 Å². The smallest absolute Gasteiger partial charge is 0.224 e. The monoisotopic (exact) mass is 278 g/mol. The van der Waals surface area contributed by atoms with Crippen molar-refractivity contribution in [2.24, 2.45) is 11.3 Å². The molecular weight excluding hydrogens is 260 g/mol. The maximum absolute atomic E-state index is 12.4. The van der Waals surface area contributed by atoms with E-state index in [0.29, 0.717) is 31.6 Å². The summed E-state index contributed by atoms with van der Waals surface area (Å²) < 4.78 is 5.37. The maximum Gasteiger partial charge on any atom is 0.224 e. The third-order valence-corrected chi connectivity index (χ3v) is 4.68. The Morgan fingerprint density at radius 1 is 1.60 bits per heavy atom. The second kappa shape index (κ2) is 4.89. The van der Waals surface area contributed by atoms with Crippen LogP contribution in [0.3, 0.4) is 0 Å². The van der Waals surface area contributed by atoms with Gasteiger partial charge in [0.2, 0.25) is 5.54 Å². The van der Waals surface area contributed by atoms with Gasteiger partial charge in [0, 0.05) is 30.8 Å². The van der Waals surface area contributed by atoms with Crippen molar-refractivity contribution in [3.05, 3.63) is 21.9 Å². The molecular formula is C14H18N2O4. The number of ketones is 1. The molecule has 2 aliphatic carbocycles. The molecule has 3 atom stereocenters. The highest BCUT2D eigenvalue weighted by Gasteiger charge is 2.63. The molecule has 0 unspecified atom stereocenters. The van der Waals surface area contributed by atoms with Crippen LogP contribution >= 0.6 is 0 Å². The Kier molecular flexibility index (Phi) is 3.55. The Balaban J connectivity index is 2.50. The lowest BCUT2D eigenvalue weighted by Gasteiger charge is -2.45. The van der Waals surface area contributed by atoms with E-state index in [2.05, 4.69) is 6.07 Å². The van der Waals surface area contributed by atoms with E-state index in [-0.39, 0.29) is 17.1 Å². The second-order valence-electron chi connectivity index (χ2n) is 5.72. The number of nitriles is 1. The number of nitro groups is 1. The quantitative estimate of drug-likeness (QED) is 0.583. The van der Waals surface area contributed by atoms with Gasteiger partial charge in [0.25, 0.3) is 0 Å². The highest BCUT2D eigenvalue weighted by Crippen LogP contribution is 2.53. The SMILES string of the molecule is CCOC1=CC(=O)[C@]2(C#N)CCC[C@](C)([N+](=O)[O-])[C@H]2C1. The Morgan fingerprint density at radius 3 is 2.85 bits per heavy atom. The minimum absolute atomic E-state index is 0.282. The van der Waals surface area contributed by atoms with E-state index in [1.54, 1.807) is 13.8 Å². The minimum atomic E-state index is -1.26. The van der Waals surface area contributed by atoms with Crippen LogP contribution in [-0.2, 0) is 9.53 Å². The molecule has 108 valence electrons. The summed E-state index contributed by atoms with van der Waals surface area (Å²) in [6.45, 7) is 3.75. The van der Waals surface area contributed by atoms with E-state index in [0.717, 1.165) is 0 Å². The number of hydrogen-bond acceptors (Lipinski definition) is 5. The molecule has 0 saturated heterocycles. The normalized spacial score (nSPS) is 36.5. The zero-order valence-electron chi connectivity index (χ0n) is 11.7. The van der Waals surface area contributed by atoms with Crippen LogP contribution in [0.25, 0.3) is 0 Å². The molecule has 1 fully saturated rings. The lowest BCUT2D eigenvalue weighted by molar-refractivity contribution is -0.583. The highest BCUT2D eigenvalue weighted by atomic mass is 16.6. The lowest BCUT2D eigenvalue weighted by Crippen LogP contribution is -2.57. The van der Waals surface area contributed by atoms with Gasteiger partial charge >= 0.3 is 0 Å². The third-order valence-electron chi connectivity index (χ3n) is 4.68. The zero-order chi connectivity index (χ0) is 15.0. The standard InChI is InChI=1S/C14H18N2O4/c1-3-20-10-7-11-13(2,16(18)19)5-4-6-14(11,9-15)12(17)8-10/h8,11H,3-7H2,1-2H3/t11-,13+,14+/m1/s1. The van der Waals surface area contributed by atoms with E-state index >= 15 is 0 Å². The topological polar surface area (TPSA) is 93.2 Å².